The molecule has 0 saturated heterocycles. The molecule has 2 rings (SSSR count). The molecule has 3 heteroatoms. The van der Waals surface area contributed by atoms with E-state index in [1.807, 2.05) is 6.07 Å². The summed E-state index contributed by atoms with van der Waals surface area (Å²) in [4.78, 5) is 0.409. The molecule has 100 valence electrons. The summed E-state index contributed by atoms with van der Waals surface area (Å²) in [5.41, 5.74) is 1.28. The van der Waals surface area contributed by atoms with Gasteiger partial charge in [0.2, 0.25) is 0 Å². The van der Waals surface area contributed by atoms with Crippen LogP contribution in [0.15, 0.2) is 18.2 Å². The Kier molecular flexibility index (Phi) is 4.93. The monoisotopic (exact) mass is 312 g/mol. The van der Waals surface area contributed by atoms with Gasteiger partial charge in [-0.1, -0.05) is 48.7 Å². The molecule has 1 aliphatic heterocycles. The van der Waals surface area contributed by atoms with Crippen LogP contribution in [-0.2, 0) is 0 Å². The molecule has 0 amide bonds. The van der Waals surface area contributed by atoms with E-state index in [2.05, 4.69) is 41.9 Å². The van der Waals surface area contributed by atoms with Crippen LogP contribution in [0.4, 0.5) is 0 Å². The number of hydrogen-bond donors (Lipinski definition) is 0. The maximum atomic E-state index is 5.81. The molecule has 1 aromatic carbocycles. The predicted molar refractivity (Wildman–Crippen MR) is 77.8 cm³/mol. The summed E-state index contributed by atoms with van der Waals surface area (Å²) >= 11 is 3.75. The minimum absolute atomic E-state index is 0.409. The first-order valence-electron chi connectivity index (χ1n) is 6.74. The van der Waals surface area contributed by atoms with Crippen LogP contribution in [0.3, 0.4) is 0 Å². The summed E-state index contributed by atoms with van der Waals surface area (Å²) in [7, 11) is 0. The summed E-state index contributed by atoms with van der Waals surface area (Å²) in [6.45, 7) is 5.83. The SMILES string of the molecule is CCCCC(Br)c1ccc2c(c1)OCC(C)CO2. The molecule has 0 spiro atoms. The topological polar surface area (TPSA) is 18.5 Å². The van der Waals surface area contributed by atoms with Crippen LogP contribution in [0, 0.1) is 5.92 Å². The summed E-state index contributed by atoms with van der Waals surface area (Å²) in [6, 6.07) is 6.28. The summed E-state index contributed by atoms with van der Waals surface area (Å²) in [5.74, 6) is 2.21. The van der Waals surface area contributed by atoms with Gasteiger partial charge in [0, 0.05) is 10.7 Å². The first-order chi connectivity index (χ1) is 8.70. The molecule has 0 saturated carbocycles. The number of unbranched alkanes of at least 4 members (excludes halogenated alkanes) is 1. The first-order valence-corrected chi connectivity index (χ1v) is 7.66. The molecule has 2 nitrogen and oxygen atoms in total. The molecule has 0 radical (unpaired) electrons. The number of alkyl halides is 1. The van der Waals surface area contributed by atoms with Gasteiger partial charge in [0.15, 0.2) is 11.5 Å². The highest BCUT2D eigenvalue weighted by molar-refractivity contribution is 9.09. The third-order valence-electron chi connectivity index (χ3n) is 3.19. The molecule has 1 aliphatic rings. The smallest absolute Gasteiger partial charge is 0.161 e. The summed E-state index contributed by atoms with van der Waals surface area (Å²) in [6.07, 6.45) is 3.62. The van der Waals surface area contributed by atoms with Crippen molar-refractivity contribution in [3.05, 3.63) is 23.8 Å². The maximum absolute atomic E-state index is 5.81. The fourth-order valence-corrected chi connectivity index (χ4v) is 2.62. The Morgan fingerprint density at radius 2 is 2.00 bits per heavy atom. The Morgan fingerprint density at radius 1 is 1.28 bits per heavy atom. The normalized spacial score (nSPS) is 20.3. The lowest BCUT2D eigenvalue weighted by Gasteiger charge is -2.13. The maximum Gasteiger partial charge on any atom is 0.161 e. The average molecular weight is 313 g/mol. The van der Waals surface area contributed by atoms with Crippen molar-refractivity contribution in [1.29, 1.82) is 0 Å². The van der Waals surface area contributed by atoms with E-state index in [-0.39, 0.29) is 0 Å². The van der Waals surface area contributed by atoms with Gasteiger partial charge in [-0.05, 0) is 24.1 Å². The minimum atomic E-state index is 0.409. The second kappa shape index (κ2) is 6.46. The number of ether oxygens (including phenoxy) is 2. The minimum Gasteiger partial charge on any atom is -0.489 e. The van der Waals surface area contributed by atoms with E-state index < -0.39 is 0 Å². The second-order valence-corrected chi connectivity index (χ2v) is 6.15. The van der Waals surface area contributed by atoms with Crippen LogP contribution in [0.25, 0.3) is 0 Å². The van der Waals surface area contributed by atoms with Crippen molar-refractivity contribution >= 4 is 15.9 Å². The Bertz CT molecular complexity index is 392. The zero-order valence-electron chi connectivity index (χ0n) is 11.1. The van der Waals surface area contributed by atoms with Crippen LogP contribution >= 0.6 is 15.9 Å². The van der Waals surface area contributed by atoms with Gasteiger partial charge in [-0.3, -0.25) is 0 Å². The molecule has 0 N–H and O–H groups in total. The fourth-order valence-electron chi connectivity index (χ4n) is 2.01. The fraction of sp³-hybridized carbons (Fsp3) is 0.600. The van der Waals surface area contributed by atoms with Crippen molar-refractivity contribution in [2.75, 3.05) is 13.2 Å². The number of halogens is 1. The van der Waals surface area contributed by atoms with Crippen molar-refractivity contribution < 1.29 is 9.47 Å². The Hall–Kier alpha value is -0.700. The molecular formula is C15H21BrO2. The van der Waals surface area contributed by atoms with Gasteiger partial charge in [-0.25, -0.2) is 0 Å². The molecule has 18 heavy (non-hydrogen) atoms. The number of rotatable bonds is 4. The Morgan fingerprint density at radius 3 is 2.72 bits per heavy atom. The van der Waals surface area contributed by atoms with Crippen LogP contribution < -0.4 is 9.47 Å². The number of hydrogen-bond acceptors (Lipinski definition) is 2. The Labute approximate surface area is 118 Å². The van der Waals surface area contributed by atoms with Crippen molar-refractivity contribution in [2.45, 2.75) is 37.9 Å². The lowest BCUT2D eigenvalue weighted by atomic mass is 10.1. The van der Waals surface area contributed by atoms with Gasteiger partial charge in [0.05, 0.1) is 13.2 Å². The summed E-state index contributed by atoms with van der Waals surface area (Å²) in [5, 5.41) is 0. The van der Waals surface area contributed by atoms with Gasteiger partial charge < -0.3 is 9.47 Å². The van der Waals surface area contributed by atoms with Gasteiger partial charge >= 0.3 is 0 Å². The highest BCUT2D eigenvalue weighted by atomic mass is 79.9. The molecule has 1 aromatic rings. The van der Waals surface area contributed by atoms with Gasteiger partial charge in [0.25, 0.3) is 0 Å². The highest BCUT2D eigenvalue weighted by Crippen LogP contribution is 2.36. The lowest BCUT2D eigenvalue weighted by Crippen LogP contribution is -2.12. The van der Waals surface area contributed by atoms with E-state index in [9.17, 15) is 0 Å². The van der Waals surface area contributed by atoms with E-state index in [1.54, 1.807) is 0 Å². The zero-order chi connectivity index (χ0) is 13.0. The largest absolute Gasteiger partial charge is 0.489 e. The van der Waals surface area contributed by atoms with Crippen molar-refractivity contribution in [1.82, 2.24) is 0 Å². The van der Waals surface area contributed by atoms with Crippen LogP contribution in [0.5, 0.6) is 11.5 Å². The molecule has 0 fully saturated rings. The lowest BCUT2D eigenvalue weighted by molar-refractivity contribution is 0.228. The molecular weight excluding hydrogens is 292 g/mol. The molecule has 1 heterocycles. The van der Waals surface area contributed by atoms with Crippen molar-refractivity contribution in [3.8, 4) is 11.5 Å². The molecule has 2 atom stereocenters. The quantitative estimate of drug-likeness (QED) is 0.749. The van der Waals surface area contributed by atoms with Crippen LogP contribution in [-0.4, -0.2) is 13.2 Å². The molecule has 2 unspecified atom stereocenters. The first kappa shape index (κ1) is 13.7. The van der Waals surface area contributed by atoms with E-state index in [0.717, 1.165) is 31.1 Å². The van der Waals surface area contributed by atoms with Crippen LogP contribution in [0.1, 0.15) is 43.5 Å². The number of benzene rings is 1. The third-order valence-corrected chi connectivity index (χ3v) is 4.17. The number of fused-ring (bicyclic) bond motifs is 1. The van der Waals surface area contributed by atoms with Gasteiger partial charge in [-0.15, -0.1) is 0 Å². The standard InChI is InChI=1S/C15H21BrO2/c1-3-4-5-13(16)12-6-7-14-15(8-12)18-10-11(2)9-17-14/h6-8,11,13H,3-5,9-10H2,1-2H3. The Balaban J connectivity index is 2.11. The van der Waals surface area contributed by atoms with E-state index in [1.165, 1.54) is 18.4 Å². The second-order valence-electron chi connectivity index (χ2n) is 5.04. The predicted octanol–water partition coefficient (Wildman–Crippen LogP) is 4.72. The third kappa shape index (κ3) is 3.41. The zero-order valence-corrected chi connectivity index (χ0v) is 12.7. The highest BCUT2D eigenvalue weighted by Gasteiger charge is 2.17. The van der Waals surface area contributed by atoms with Crippen molar-refractivity contribution in [3.63, 3.8) is 0 Å². The van der Waals surface area contributed by atoms with Gasteiger partial charge in [0.1, 0.15) is 0 Å². The van der Waals surface area contributed by atoms with E-state index >= 15 is 0 Å². The molecule has 0 aromatic heterocycles. The van der Waals surface area contributed by atoms with E-state index in [0.29, 0.717) is 10.7 Å². The average Bonchev–Trinajstić information content (AvgIpc) is 2.58. The summed E-state index contributed by atoms with van der Waals surface area (Å²) < 4.78 is 11.5. The van der Waals surface area contributed by atoms with Gasteiger partial charge in [-0.2, -0.15) is 0 Å². The molecule has 0 bridgehead atoms. The van der Waals surface area contributed by atoms with Crippen molar-refractivity contribution in [2.24, 2.45) is 5.92 Å². The van der Waals surface area contributed by atoms with Crippen LogP contribution in [0.2, 0.25) is 0 Å². The molecule has 0 aliphatic carbocycles. The van der Waals surface area contributed by atoms with E-state index in [4.69, 9.17) is 9.47 Å².